The summed E-state index contributed by atoms with van der Waals surface area (Å²) in [6, 6.07) is 0. The van der Waals surface area contributed by atoms with Gasteiger partial charge in [0.15, 0.2) is 0 Å². The van der Waals surface area contributed by atoms with Crippen LogP contribution in [-0.4, -0.2) is 19.1 Å². The molecule has 0 saturated heterocycles. The summed E-state index contributed by atoms with van der Waals surface area (Å²) in [5, 5.41) is 3.72. The number of nitrogens with zero attached hydrogens (tertiary/aromatic N) is 5. The Kier molecular flexibility index (Phi) is 5.84. The predicted octanol–water partition coefficient (Wildman–Crippen LogP) is 2.52. The summed E-state index contributed by atoms with van der Waals surface area (Å²) < 4.78 is 3.59. The first-order valence-corrected chi connectivity index (χ1v) is 4.69. The number of nitrogens with one attached hydrogen (secondary N) is 1. The molecule has 0 atom stereocenters. The van der Waals surface area contributed by atoms with E-state index >= 15 is 0 Å². The summed E-state index contributed by atoms with van der Waals surface area (Å²) in [6.45, 7) is 1.97. The summed E-state index contributed by atoms with van der Waals surface area (Å²) in [4.78, 5) is 7.96. The van der Waals surface area contributed by atoms with Crippen molar-refractivity contribution < 1.29 is 0 Å². The highest BCUT2D eigenvalue weighted by Crippen LogP contribution is 2.24. The molecule has 1 N–H and O–H groups in total. The molecule has 0 bridgehead atoms. The average Bonchev–Trinajstić information content (AvgIpc) is 2.92. The summed E-state index contributed by atoms with van der Waals surface area (Å²) >= 11 is 0. The van der Waals surface area contributed by atoms with Gasteiger partial charge in [0.05, 0.1) is 12.7 Å². The molecule has 2 heterocycles. The molecule has 2 aromatic heterocycles. The number of halogens is 2. The average molecular weight is 277 g/mol. The Morgan fingerprint density at radius 1 is 1.12 bits per heavy atom. The van der Waals surface area contributed by atoms with Crippen LogP contribution in [0.2, 0.25) is 0 Å². The first kappa shape index (κ1) is 15.6. The van der Waals surface area contributed by atoms with Crippen LogP contribution in [0.5, 0.6) is 0 Å². The Labute approximate surface area is 111 Å². The van der Waals surface area contributed by atoms with Gasteiger partial charge in [-0.2, -0.15) is 0 Å². The lowest BCUT2D eigenvalue weighted by atomic mass is 10.2. The van der Waals surface area contributed by atoms with Crippen LogP contribution in [-0.2, 0) is 5.79 Å². The highest BCUT2D eigenvalue weighted by Gasteiger charge is 2.30. The van der Waals surface area contributed by atoms with Crippen LogP contribution in [0, 0.1) is 5.53 Å². The van der Waals surface area contributed by atoms with Gasteiger partial charge >= 0.3 is 0 Å². The smallest absolute Gasteiger partial charge is 0.237 e. The zero-order chi connectivity index (χ0) is 10.7. The topological polar surface area (TPSA) is 71.8 Å². The molecule has 0 fully saturated rings. The quantitative estimate of drug-likeness (QED) is 0.872. The molecule has 2 rings (SSSR count). The Balaban J connectivity index is 0.00000128. The van der Waals surface area contributed by atoms with Crippen LogP contribution in [0.4, 0.5) is 0 Å². The van der Waals surface area contributed by atoms with Gasteiger partial charge < -0.3 is 0 Å². The lowest BCUT2D eigenvalue weighted by Crippen LogP contribution is -2.36. The number of hydrogen-bond donors (Lipinski definition) is 1. The van der Waals surface area contributed by atoms with Gasteiger partial charge in [0, 0.05) is 31.2 Å². The second-order valence-electron chi connectivity index (χ2n) is 3.18. The fourth-order valence-corrected chi connectivity index (χ4v) is 1.63. The number of hydrogen-bond acceptors (Lipinski definition) is 4. The second-order valence-corrected chi connectivity index (χ2v) is 3.18. The first-order chi connectivity index (χ1) is 7.33. The maximum absolute atomic E-state index is 7.39. The van der Waals surface area contributed by atoms with Crippen LogP contribution < -0.4 is 0 Å². The lowest BCUT2D eigenvalue weighted by molar-refractivity contribution is 0.211. The van der Waals surface area contributed by atoms with E-state index in [-0.39, 0.29) is 24.8 Å². The van der Waals surface area contributed by atoms with Crippen molar-refractivity contribution in [3.63, 3.8) is 0 Å². The van der Waals surface area contributed by atoms with E-state index in [2.05, 4.69) is 15.1 Å². The van der Waals surface area contributed by atoms with Gasteiger partial charge in [-0.05, 0) is 0 Å². The maximum atomic E-state index is 7.39. The van der Waals surface area contributed by atoms with E-state index in [4.69, 9.17) is 5.53 Å². The van der Waals surface area contributed by atoms with Crippen molar-refractivity contribution in [2.45, 2.75) is 19.1 Å². The maximum Gasteiger partial charge on any atom is 0.237 e. The van der Waals surface area contributed by atoms with Gasteiger partial charge in [0.1, 0.15) is 0 Å². The van der Waals surface area contributed by atoms with Gasteiger partial charge in [0.25, 0.3) is 0 Å². The minimum Gasteiger partial charge on any atom is -0.293 e. The molecule has 0 radical (unpaired) electrons. The molecular weight excluding hydrogens is 263 g/mol. The Hall–Kier alpha value is -1.40. The van der Waals surface area contributed by atoms with Crippen molar-refractivity contribution in [2.75, 3.05) is 0 Å². The lowest BCUT2D eigenvalue weighted by Gasteiger charge is -2.29. The highest BCUT2D eigenvalue weighted by molar-refractivity contribution is 5.85. The minimum absolute atomic E-state index is 0. The predicted molar refractivity (Wildman–Crippen MR) is 67.8 cm³/mol. The highest BCUT2D eigenvalue weighted by atomic mass is 35.5. The molecule has 0 aliphatic rings. The number of rotatable bonds is 4. The van der Waals surface area contributed by atoms with Gasteiger partial charge in [-0.1, -0.05) is 6.92 Å². The fourth-order valence-electron chi connectivity index (χ4n) is 1.63. The van der Waals surface area contributed by atoms with Gasteiger partial charge in [-0.25, -0.2) is 15.5 Å². The molecule has 6 nitrogen and oxygen atoms in total. The summed E-state index contributed by atoms with van der Waals surface area (Å²) in [6.07, 6.45) is 10.9. The molecule has 17 heavy (non-hydrogen) atoms. The van der Waals surface area contributed by atoms with Crippen molar-refractivity contribution in [3.8, 4) is 0 Å². The SMILES string of the molecule is CCC(N=N)(n1ccnc1)n1ccnc1.Cl.Cl. The molecule has 2 aromatic rings. The zero-order valence-electron chi connectivity index (χ0n) is 9.22. The zero-order valence-corrected chi connectivity index (χ0v) is 10.9. The molecule has 0 spiro atoms. The molecule has 0 unspecified atom stereocenters. The van der Waals surface area contributed by atoms with E-state index in [9.17, 15) is 0 Å². The summed E-state index contributed by atoms with van der Waals surface area (Å²) in [7, 11) is 0. The van der Waals surface area contributed by atoms with Crippen LogP contribution in [0.25, 0.3) is 0 Å². The van der Waals surface area contributed by atoms with Gasteiger partial charge in [-0.3, -0.25) is 9.13 Å². The van der Waals surface area contributed by atoms with Crippen molar-refractivity contribution in [1.82, 2.24) is 19.1 Å². The molecule has 0 aromatic carbocycles. The third-order valence-corrected chi connectivity index (χ3v) is 2.49. The number of imidazole rings is 2. The largest absolute Gasteiger partial charge is 0.293 e. The standard InChI is InChI=1S/C9H12N6.2ClH/c1-2-9(13-10,14-5-3-11-7-14)15-6-4-12-8-15;;/h3-8,10H,2H2,1H3;2*1H. The van der Waals surface area contributed by atoms with E-state index < -0.39 is 5.79 Å². The molecule has 0 aliphatic carbocycles. The normalized spacial score (nSPS) is 10.2. The van der Waals surface area contributed by atoms with Crippen molar-refractivity contribution in [2.24, 2.45) is 5.11 Å². The van der Waals surface area contributed by atoms with E-state index in [0.29, 0.717) is 6.42 Å². The Morgan fingerprint density at radius 2 is 1.59 bits per heavy atom. The molecule has 0 amide bonds. The first-order valence-electron chi connectivity index (χ1n) is 4.69. The van der Waals surface area contributed by atoms with E-state index in [1.807, 2.05) is 6.92 Å². The molecule has 8 heteroatoms. The third-order valence-electron chi connectivity index (χ3n) is 2.49. The van der Waals surface area contributed by atoms with Crippen LogP contribution in [0.15, 0.2) is 42.6 Å². The van der Waals surface area contributed by atoms with Crippen molar-refractivity contribution in [3.05, 3.63) is 37.4 Å². The van der Waals surface area contributed by atoms with Crippen molar-refractivity contribution >= 4 is 24.8 Å². The molecule has 0 aliphatic heterocycles. The van der Waals surface area contributed by atoms with Crippen LogP contribution in [0.1, 0.15) is 13.3 Å². The summed E-state index contributed by atoms with van der Waals surface area (Å²) in [5.41, 5.74) is 7.39. The molecule has 0 saturated carbocycles. The van der Waals surface area contributed by atoms with E-state index in [1.54, 1.807) is 46.6 Å². The van der Waals surface area contributed by atoms with Crippen molar-refractivity contribution in [1.29, 1.82) is 5.53 Å². The molecular formula is C9H14Cl2N6. The van der Waals surface area contributed by atoms with E-state index in [0.717, 1.165) is 0 Å². The fraction of sp³-hybridized carbons (Fsp3) is 0.333. The van der Waals surface area contributed by atoms with Crippen LogP contribution in [0.3, 0.4) is 0 Å². The minimum atomic E-state index is -0.771. The van der Waals surface area contributed by atoms with Crippen LogP contribution >= 0.6 is 24.8 Å². The summed E-state index contributed by atoms with van der Waals surface area (Å²) in [5.74, 6) is -0.771. The van der Waals surface area contributed by atoms with Gasteiger partial charge in [-0.15, -0.1) is 29.9 Å². The number of aromatic nitrogens is 4. The molecule has 94 valence electrons. The third kappa shape index (κ3) is 2.48. The second kappa shape index (κ2) is 6.36. The van der Waals surface area contributed by atoms with Gasteiger partial charge in [0.2, 0.25) is 5.79 Å². The Bertz CT molecular complexity index is 390. The monoisotopic (exact) mass is 276 g/mol. The Morgan fingerprint density at radius 3 is 1.82 bits per heavy atom. The van der Waals surface area contributed by atoms with E-state index in [1.165, 1.54) is 0 Å².